The second-order valence-corrected chi connectivity index (χ2v) is 3.01. The van der Waals surface area contributed by atoms with Crippen molar-refractivity contribution < 1.29 is 17.9 Å². The standard InChI is InChI=1S/C9H11F3N2O/c1-6(9(10,11)12)15-8-4-7(5-13)2-3-14-8/h2-4,6H,5,13H2,1H3. The molecule has 1 rings (SSSR count). The van der Waals surface area contributed by atoms with Crippen LogP contribution in [0.25, 0.3) is 0 Å². The van der Waals surface area contributed by atoms with Crippen LogP contribution in [-0.4, -0.2) is 17.3 Å². The van der Waals surface area contributed by atoms with Crippen molar-refractivity contribution in [2.24, 2.45) is 5.73 Å². The van der Waals surface area contributed by atoms with Crippen molar-refractivity contribution in [1.29, 1.82) is 0 Å². The highest BCUT2D eigenvalue weighted by Gasteiger charge is 2.38. The van der Waals surface area contributed by atoms with E-state index in [0.717, 1.165) is 6.92 Å². The van der Waals surface area contributed by atoms with Crippen LogP contribution in [0, 0.1) is 0 Å². The quantitative estimate of drug-likeness (QED) is 0.845. The number of rotatable bonds is 3. The molecule has 0 aliphatic heterocycles. The lowest BCUT2D eigenvalue weighted by Crippen LogP contribution is -2.31. The minimum absolute atomic E-state index is 0.0669. The Kier molecular flexibility index (Phi) is 3.52. The lowest BCUT2D eigenvalue weighted by atomic mass is 10.3. The van der Waals surface area contributed by atoms with Gasteiger partial charge < -0.3 is 10.5 Å². The summed E-state index contributed by atoms with van der Waals surface area (Å²) in [6, 6.07) is 3.01. The van der Waals surface area contributed by atoms with E-state index in [2.05, 4.69) is 9.72 Å². The van der Waals surface area contributed by atoms with Gasteiger partial charge in [0.2, 0.25) is 5.88 Å². The van der Waals surface area contributed by atoms with E-state index in [1.807, 2.05) is 0 Å². The first kappa shape index (κ1) is 11.8. The summed E-state index contributed by atoms with van der Waals surface area (Å²) in [5.41, 5.74) is 6.01. The Morgan fingerprint density at radius 1 is 1.53 bits per heavy atom. The molecule has 0 aliphatic rings. The molecule has 0 aliphatic carbocycles. The summed E-state index contributed by atoms with van der Waals surface area (Å²) in [6.07, 6.45) is -4.90. The molecule has 1 unspecified atom stereocenters. The van der Waals surface area contributed by atoms with E-state index in [-0.39, 0.29) is 12.4 Å². The molecule has 0 amide bonds. The van der Waals surface area contributed by atoms with Crippen LogP contribution in [0.15, 0.2) is 18.3 Å². The second kappa shape index (κ2) is 4.48. The average Bonchev–Trinajstić information content (AvgIpc) is 2.16. The van der Waals surface area contributed by atoms with E-state index in [1.165, 1.54) is 12.3 Å². The zero-order chi connectivity index (χ0) is 11.5. The molecule has 0 fully saturated rings. The number of aromatic nitrogens is 1. The van der Waals surface area contributed by atoms with Crippen LogP contribution in [0.2, 0.25) is 0 Å². The highest BCUT2D eigenvalue weighted by molar-refractivity contribution is 5.20. The van der Waals surface area contributed by atoms with Crippen molar-refractivity contribution in [2.45, 2.75) is 25.7 Å². The van der Waals surface area contributed by atoms with E-state index in [0.29, 0.717) is 5.56 Å². The highest BCUT2D eigenvalue weighted by Crippen LogP contribution is 2.23. The fourth-order valence-electron chi connectivity index (χ4n) is 0.890. The van der Waals surface area contributed by atoms with E-state index in [9.17, 15) is 13.2 Å². The summed E-state index contributed by atoms with van der Waals surface area (Å²) in [7, 11) is 0. The molecular formula is C9H11F3N2O. The third kappa shape index (κ3) is 3.39. The zero-order valence-corrected chi connectivity index (χ0v) is 8.08. The number of hydrogen-bond acceptors (Lipinski definition) is 3. The molecule has 0 spiro atoms. The minimum Gasteiger partial charge on any atom is -0.465 e. The lowest BCUT2D eigenvalue weighted by Gasteiger charge is -2.16. The van der Waals surface area contributed by atoms with Crippen LogP contribution in [0.4, 0.5) is 13.2 Å². The van der Waals surface area contributed by atoms with Crippen LogP contribution in [0.5, 0.6) is 5.88 Å². The van der Waals surface area contributed by atoms with Gasteiger partial charge in [-0.1, -0.05) is 0 Å². The van der Waals surface area contributed by atoms with Crippen molar-refractivity contribution in [3.05, 3.63) is 23.9 Å². The first-order valence-corrected chi connectivity index (χ1v) is 4.32. The predicted octanol–water partition coefficient (Wildman–Crippen LogP) is 1.87. The largest absolute Gasteiger partial charge is 0.465 e. The van der Waals surface area contributed by atoms with E-state index >= 15 is 0 Å². The number of pyridine rings is 1. The molecule has 1 aromatic heterocycles. The molecule has 0 aromatic carbocycles. The molecule has 6 heteroatoms. The number of hydrogen-bond donors (Lipinski definition) is 1. The summed E-state index contributed by atoms with van der Waals surface area (Å²) in [5, 5.41) is 0. The fraction of sp³-hybridized carbons (Fsp3) is 0.444. The van der Waals surface area contributed by atoms with Gasteiger partial charge in [0.15, 0.2) is 6.10 Å². The molecule has 1 atom stereocenters. The number of nitrogens with two attached hydrogens (primary N) is 1. The Hall–Kier alpha value is -1.30. The van der Waals surface area contributed by atoms with Crippen molar-refractivity contribution in [1.82, 2.24) is 4.98 Å². The normalized spacial score (nSPS) is 13.7. The monoisotopic (exact) mass is 220 g/mol. The molecule has 0 saturated heterocycles. The zero-order valence-electron chi connectivity index (χ0n) is 8.08. The average molecular weight is 220 g/mol. The highest BCUT2D eigenvalue weighted by atomic mass is 19.4. The van der Waals surface area contributed by atoms with Crippen LogP contribution in [-0.2, 0) is 6.54 Å². The summed E-state index contributed by atoms with van der Waals surface area (Å²) in [4.78, 5) is 3.66. The van der Waals surface area contributed by atoms with Crippen LogP contribution < -0.4 is 10.5 Å². The van der Waals surface area contributed by atoms with Crippen molar-refractivity contribution in [3.63, 3.8) is 0 Å². The van der Waals surface area contributed by atoms with Gasteiger partial charge in [-0.15, -0.1) is 0 Å². The topological polar surface area (TPSA) is 48.1 Å². The molecule has 15 heavy (non-hydrogen) atoms. The van der Waals surface area contributed by atoms with E-state index in [4.69, 9.17) is 5.73 Å². The minimum atomic E-state index is -4.39. The maximum absolute atomic E-state index is 12.1. The number of nitrogens with zero attached hydrogens (tertiary/aromatic N) is 1. The molecule has 0 bridgehead atoms. The van der Waals surface area contributed by atoms with Gasteiger partial charge in [0.25, 0.3) is 0 Å². The molecular weight excluding hydrogens is 209 g/mol. The van der Waals surface area contributed by atoms with Crippen LogP contribution >= 0.6 is 0 Å². The number of halogens is 3. The maximum Gasteiger partial charge on any atom is 0.425 e. The summed E-state index contributed by atoms with van der Waals surface area (Å²) >= 11 is 0. The molecule has 1 aromatic rings. The molecule has 2 N–H and O–H groups in total. The molecule has 3 nitrogen and oxygen atoms in total. The molecule has 0 saturated carbocycles. The second-order valence-electron chi connectivity index (χ2n) is 3.01. The Morgan fingerprint density at radius 2 is 2.20 bits per heavy atom. The lowest BCUT2D eigenvalue weighted by molar-refractivity contribution is -0.190. The summed E-state index contributed by atoms with van der Waals surface area (Å²) < 4.78 is 41.0. The third-order valence-electron chi connectivity index (χ3n) is 1.79. The molecule has 1 heterocycles. The Morgan fingerprint density at radius 3 is 2.73 bits per heavy atom. The van der Waals surface area contributed by atoms with Gasteiger partial charge in [-0.25, -0.2) is 4.98 Å². The van der Waals surface area contributed by atoms with Crippen LogP contribution in [0.1, 0.15) is 12.5 Å². The Bertz CT molecular complexity index is 327. The van der Waals surface area contributed by atoms with Gasteiger partial charge in [-0.3, -0.25) is 0 Å². The van der Waals surface area contributed by atoms with Gasteiger partial charge in [-0.2, -0.15) is 13.2 Å². The van der Waals surface area contributed by atoms with Gasteiger partial charge in [0.05, 0.1) is 0 Å². The van der Waals surface area contributed by atoms with Gasteiger partial charge in [0, 0.05) is 18.8 Å². The van der Waals surface area contributed by atoms with Gasteiger partial charge in [-0.05, 0) is 18.6 Å². The maximum atomic E-state index is 12.1. The first-order valence-electron chi connectivity index (χ1n) is 4.32. The van der Waals surface area contributed by atoms with E-state index in [1.54, 1.807) is 6.07 Å². The Balaban J connectivity index is 2.72. The summed E-state index contributed by atoms with van der Waals surface area (Å²) in [6.45, 7) is 1.16. The number of alkyl halides is 3. The first-order chi connectivity index (χ1) is 6.93. The SMILES string of the molecule is CC(Oc1cc(CN)ccn1)C(F)(F)F. The molecule has 0 radical (unpaired) electrons. The number of ether oxygens (including phenoxy) is 1. The van der Waals surface area contributed by atoms with Crippen LogP contribution in [0.3, 0.4) is 0 Å². The Labute approximate surface area is 85.1 Å². The van der Waals surface area contributed by atoms with Crippen molar-refractivity contribution in [3.8, 4) is 5.88 Å². The van der Waals surface area contributed by atoms with Crippen molar-refractivity contribution in [2.75, 3.05) is 0 Å². The van der Waals surface area contributed by atoms with E-state index < -0.39 is 12.3 Å². The van der Waals surface area contributed by atoms with Gasteiger partial charge in [0.1, 0.15) is 0 Å². The summed E-state index contributed by atoms with van der Waals surface area (Å²) in [5.74, 6) is -0.0669. The van der Waals surface area contributed by atoms with Gasteiger partial charge >= 0.3 is 6.18 Å². The third-order valence-corrected chi connectivity index (χ3v) is 1.79. The predicted molar refractivity (Wildman–Crippen MR) is 48.3 cm³/mol. The molecule has 84 valence electrons. The smallest absolute Gasteiger partial charge is 0.425 e. The van der Waals surface area contributed by atoms with Crippen molar-refractivity contribution >= 4 is 0 Å². The fourth-order valence-corrected chi connectivity index (χ4v) is 0.890.